The molecule has 16 heavy (non-hydrogen) atoms. The molecule has 1 aliphatic carbocycles. The molecule has 1 aliphatic heterocycles. The molecule has 0 spiro atoms. The van der Waals surface area contributed by atoms with Crippen molar-refractivity contribution in [1.82, 2.24) is 4.90 Å². The Hall–Kier alpha value is -0.0800. The second-order valence-electron chi connectivity index (χ2n) is 5.84. The Kier molecular flexibility index (Phi) is 4.66. The fraction of sp³-hybridized carbons (Fsp3) is 1.00. The van der Waals surface area contributed by atoms with Gasteiger partial charge in [-0.3, -0.25) is 0 Å². The van der Waals surface area contributed by atoms with E-state index in [2.05, 4.69) is 11.8 Å². The third kappa shape index (κ3) is 3.74. The summed E-state index contributed by atoms with van der Waals surface area (Å²) in [4.78, 5) is 2.65. The normalized spacial score (nSPS) is 30.0. The second-order valence-corrected chi connectivity index (χ2v) is 5.84. The number of nitrogens with two attached hydrogens (primary N) is 1. The van der Waals surface area contributed by atoms with Crippen LogP contribution in [0, 0.1) is 11.8 Å². The zero-order chi connectivity index (χ0) is 11.4. The summed E-state index contributed by atoms with van der Waals surface area (Å²) >= 11 is 0. The average molecular weight is 224 g/mol. The molecule has 1 heterocycles. The van der Waals surface area contributed by atoms with Crippen LogP contribution in [0.15, 0.2) is 0 Å². The Morgan fingerprint density at radius 3 is 2.69 bits per heavy atom. The first-order chi connectivity index (χ1) is 7.79. The topological polar surface area (TPSA) is 29.3 Å². The summed E-state index contributed by atoms with van der Waals surface area (Å²) in [6, 6.07) is 0.491. The van der Waals surface area contributed by atoms with Crippen LogP contribution in [0.1, 0.15) is 51.9 Å². The highest BCUT2D eigenvalue weighted by atomic mass is 15.1. The smallest absolute Gasteiger partial charge is 0.00793 e. The molecule has 0 aromatic carbocycles. The molecular formula is C14H28N2. The molecular weight excluding hydrogens is 196 g/mol. The van der Waals surface area contributed by atoms with Gasteiger partial charge in [0.15, 0.2) is 0 Å². The third-order valence-corrected chi connectivity index (χ3v) is 4.52. The van der Waals surface area contributed by atoms with Gasteiger partial charge >= 0.3 is 0 Å². The van der Waals surface area contributed by atoms with Crippen LogP contribution in [0.2, 0.25) is 0 Å². The molecule has 1 saturated heterocycles. The molecule has 2 fully saturated rings. The molecule has 2 heteroatoms. The maximum absolute atomic E-state index is 6.16. The van der Waals surface area contributed by atoms with Gasteiger partial charge in [0.2, 0.25) is 0 Å². The monoisotopic (exact) mass is 224 g/mol. The minimum Gasteiger partial charge on any atom is -0.327 e. The fourth-order valence-corrected chi connectivity index (χ4v) is 2.95. The standard InChI is InChI=1S/C14H28N2/c1-2-12-4-3-9-16(10-7-12)11-8-14(15)13-5-6-13/h12-14H,2-11,15H2,1H3. The van der Waals surface area contributed by atoms with Gasteiger partial charge in [0.25, 0.3) is 0 Å². The van der Waals surface area contributed by atoms with Crippen molar-refractivity contribution >= 4 is 0 Å². The van der Waals surface area contributed by atoms with Crippen molar-refractivity contribution in [2.75, 3.05) is 19.6 Å². The van der Waals surface area contributed by atoms with Crippen LogP contribution in [-0.2, 0) is 0 Å². The zero-order valence-corrected chi connectivity index (χ0v) is 10.8. The molecule has 0 aromatic rings. The Labute approximate surface area is 101 Å². The van der Waals surface area contributed by atoms with E-state index in [1.54, 1.807) is 0 Å². The SMILES string of the molecule is CCC1CCCN(CCC(N)C2CC2)CC1. The van der Waals surface area contributed by atoms with Crippen LogP contribution >= 0.6 is 0 Å². The van der Waals surface area contributed by atoms with E-state index in [0.717, 1.165) is 11.8 Å². The minimum absolute atomic E-state index is 0.491. The predicted molar refractivity (Wildman–Crippen MR) is 69.4 cm³/mol. The molecule has 0 aromatic heterocycles. The van der Waals surface area contributed by atoms with Crippen LogP contribution in [0.4, 0.5) is 0 Å². The molecule has 0 bridgehead atoms. The summed E-state index contributed by atoms with van der Waals surface area (Å²) in [5.41, 5.74) is 6.16. The first-order valence-electron chi connectivity index (χ1n) is 7.27. The van der Waals surface area contributed by atoms with Crippen LogP contribution in [0.5, 0.6) is 0 Å². The first kappa shape index (κ1) is 12.4. The van der Waals surface area contributed by atoms with Crippen LogP contribution in [-0.4, -0.2) is 30.6 Å². The van der Waals surface area contributed by atoms with E-state index in [1.807, 2.05) is 0 Å². The van der Waals surface area contributed by atoms with Crippen molar-refractivity contribution in [3.05, 3.63) is 0 Å². The highest BCUT2D eigenvalue weighted by Crippen LogP contribution is 2.33. The lowest BCUT2D eigenvalue weighted by Crippen LogP contribution is -2.32. The maximum Gasteiger partial charge on any atom is 0.00793 e. The fourth-order valence-electron chi connectivity index (χ4n) is 2.95. The average Bonchev–Trinajstić information content (AvgIpc) is 3.12. The largest absolute Gasteiger partial charge is 0.327 e. The Morgan fingerprint density at radius 2 is 2.00 bits per heavy atom. The van der Waals surface area contributed by atoms with E-state index in [9.17, 15) is 0 Å². The van der Waals surface area contributed by atoms with Crippen molar-refractivity contribution in [2.24, 2.45) is 17.6 Å². The Balaban J connectivity index is 1.64. The molecule has 2 N–H and O–H groups in total. The van der Waals surface area contributed by atoms with Crippen LogP contribution in [0.3, 0.4) is 0 Å². The molecule has 0 radical (unpaired) electrons. The summed E-state index contributed by atoms with van der Waals surface area (Å²) in [7, 11) is 0. The van der Waals surface area contributed by atoms with Crippen LogP contribution < -0.4 is 5.73 Å². The van der Waals surface area contributed by atoms with E-state index < -0.39 is 0 Å². The quantitative estimate of drug-likeness (QED) is 0.778. The van der Waals surface area contributed by atoms with Crippen LogP contribution in [0.25, 0.3) is 0 Å². The van der Waals surface area contributed by atoms with Gasteiger partial charge in [-0.1, -0.05) is 13.3 Å². The van der Waals surface area contributed by atoms with Crippen molar-refractivity contribution in [1.29, 1.82) is 0 Å². The highest BCUT2D eigenvalue weighted by molar-refractivity contribution is 4.84. The van der Waals surface area contributed by atoms with Gasteiger partial charge in [0, 0.05) is 6.04 Å². The van der Waals surface area contributed by atoms with Crippen molar-refractivity contribution in [3.8, 4) is 0 Å². The number of nitrogens with zero attached hydrogens (tertiary/aromatic N) is 1. The minimum atomic E-state index is 0.491. The predicted octanol–water partition coefficient (Wildman–Crippen LogP) is 2.63. The second kappa shape index (κ2) is 6.02. The highest BCUT2D eigenvalue weighted by Gasteiger charge is 2.28. The van der Waals surface area contributed by atoms with Gasteiger partial charge in [0.1, 0.15) is 0 Å². The lowest BCUT2D eigenvalue weighted by molar-refractivity contribution is 0.265. The molecule has 0 amide bonds. The van der Waals surface area contributed by atoms with E-state index >= 15 is 0 Å². The lowest BCUT2D eigenvalue weighted by atomic mass is 9.98. The van der Waals surface area contributed by atoms with E-state index in [4.69, 9.17) is 5.73 Å². The Morgan fingerprint density at radius 1 is 1.19 bits per heavy atom. The van der Waals surface area contributed by atoms with Gasteiger partial charge < -0.3 is 10.6 Å². The third-order valence-electron chi connectivity index (χ3n) is 4.52. The van der Waals surface area contributed by atoms with Gasteiger partial charge in [0.05, 0.1) is 0 Å². The molecule has 94 valence electrons. The first-order valence-corrected chi connectivity index (χ1v) is 7.27. The van der Waals surface area contributed by atoms with Crippen molar-refractivity contribution in [3.63, 3.8) is 0 Å². The molecule has 2 nitrogen and oxygen atoms in total. The summed E-state index contributed by atoms with van der Waals surface area (Å²) < 4.78 is 0. The van der Waals surface area contributed by atoms with E-state index in [-0.39, 0.29) is 0 Å². The van der Waals surface area contributed by atoms with Gasteiger partial charge in [-0.05, 0) is 70.0 Å². The maximum atomic E-state index is 6.16. The van der Waals surface area contributed by atoms with Gasteiger partial charge in [-0.15, -0.1) is 0 Å². The number of likely N-dealkylation sites (tertiary alicyclic amines) is 1. The number of rotatable bonds is 5. The Bertz CT molecular complexity index is 201. The van der Waals surface area contributed by atoms with E-state index in [0.29, 0.717) is 6.04 Å². The molecule has 2 rings (SSSR count). The molecule has 2 aliphatic rings. The summed E-state index contributed by atoms with van der Waals surface area (Å²) in [5.74, 6) is 1.86. The molecule has 2 atom stereocenters. The van der Waals surface area contributed by atoms with Gasteiger partial charge in [-0.2, -0.15) is 0 Å². The lowest BCUT2D eigenvalue weighted by Gasteiger charge is -2.22. The van der Waals surface area contributed by atoms with E-state index in [1.165, 1.54) is 64.6 Å². The molecule has 2 unspecified atom stereocenters. The van der Waals surface area contributed by atoms with Crippen molar-refractivity contribution < 1.29 is 0 Å². The molecule has 1 saturated carbocycles. The van der Waals surface area contributed by atoms with Gasteiger partial charge in [-0.25, -0.2) is 0 Å². The summed E-state index contributed by atoms with van der Waals surface area (Å²) in [5, 5.41) is 0. The number of hydrogen-bond donors (Lipinski definition) is 1. The zero-order valence-electron chi connectivity index (χ0n) is 10.8. The summed E-state index contributed by atoms with van der Waals surface area (Å²) in [6.45, 7) is 6.21. The summed E-state index contributed by atoms with van der Waals surface area (Å²) in [6.07, 6.45) is 9.63. The van der Waals surface area contributed by atoms with Crippen molar-refractivity contribution in [2.45, 2.75) is 57.9 Å². The number of hydrogen-bond acceptors (Lipinski definition) is 2.